The lowest BCUT2D eigenvalue weighted by Gasteiger charge is -2.16. The fourth-order valence-corrected chi connectivity index (χ4v) is 1.25. The van der Waals surface area contributed by atoms with Crippen LogP contribution < -0.4 is 5.32 Å². The summed E-state index contributed by atoms with van der Waals surface area (Å²) in [6.45, 7) is 5.74. The first-order valence-corrected chi connectivity index (χ1v) is 5.82. The number of rotatable bonds is 3. The summed E-state index contributed by atoms with van der Waals surface area (Å²) in [7, 11) is 0. The summed E-state index contributed by atoms with van der Waals surface area (Å²) in [5.74, 6) is -0.0317. The smallest absolute Gasteiger partial charge is 0.240 e. The summed E-state index contributed by atoms with van der Waals surface area (Å²) in [5, 5.41) is 2.87. The van der Waals surface area contributed by atoms with Crippen LogP contribution in [0.5, 0.6) is 0 Å². The van der Waals surface area contributed by atoms with Crippen molar-refractivity contribution < 1.29 is 4.79 Å². The van der Waals surface area contributed by atoms with Gasteiger partial charge in [-0.1, -0.05) is 35.0 Å². The minimum Gasteiger partial charge on any atom is -0.325 e. The summed E-state index contributed by atoms with van der Waals surface area (Å²) in [6, 6.07) is 7.90. The number of aryl methyl sites for hydroxylation is 1. The van der Waals surface area contributed by atoms with Crippen LogP contribution in [0.25, 0.3) is 0 Å². The van der Waals surface area contributed by atoms with Crippen LogP contribution in [0, 0.1) is 0 Å². The molecule has 0 saturated carbocycles. The molecule has 0 aliphatic rings. The molecule has 0 aliphatic carbocycles. The zero-order chi connectivity index (χ0) is 11.5. The molecule has 1 aromatic carbocycles. The van der Waals surface area contributed by atoms with Gasteiger partial charge < -0.3 is 5.32 Å². The van der Waals surface area contributed by atoms with Crippen LogP contribution in [-0.4, -0.2) is 10.2 Å². The molecule has 0 aliphatic heterocycles. The van der Waals surface area contributed by atoms with E-state index in [4.69, 9.17) is 0 Å². The lowest BCUT2D eigenvalue weighted by atomic mass is 10.1. The quantitative estimate of drug-likeness (QED) is 0.838. The highest BCUT2D eigenvalue weighted by Crippen LogP contribution is 2.19. The normalized spacial score (nSPS) is 11.2. The largest absolute Gasteiger partial charge is 0.325 e. The fraction of sp³-hybridized carbons (Fsp3) is 0.417. The highest BCUT2D eigenvalue weighted by atomic mass is 79.9. The monoisotopic (exact) mass is 269 g/mol. The third-order valence-electron chi connectivity index (χ3n) is 2.13. The Morgan fingerprint density at radius 3 is 2.67 bits per heavy atom. The molecule has 1 rings (SSSR count). The van der Waals surface area contributed by atoms with Crippen LogP contribution in [0.4, 0.5) is 5.69 Å². The van der Waals surface area contributed by atoms with E-state index in [1.54, 1.807) is 0 Å². The molecule has 1 N–H and O–H groups in total. The highest BCUT2D eigenvalue weighted by Gasteiger charge is 2.23. The maximum Gasteiger partial charge on any atom is 0.240 e. The first-order chi connectivity index (χ1) is 6.93. The average molecular weight is 270 g/mol. The molecule has 0 atom stereocenters. The number of nitrogens with one attached hydrogen (secondary N) is 1. The van der Waals surface area contributed by atoms with Gasteiger partial charge in [-0.15, -0.1) is 0 Å². The molecule has 1 aromatic rings. The van der Waals surface area contributed by atoms with Crippen LogP contribution in [0.15, 0.2) is 24.3 Å². The number of anilines is 1. The van der Waals surface area contributed by atoms with E-state index < -0.39 is 4.32 Å². The van der Waals surface area contributed by atoms with Crippen molar-refractivity contribution >= 4 is 27.5 Å². The molecule has 82 valence electrons. The van der Waals surface area contributed by atoms with Crippen molar-refractivity contribution in [2.75, 3.05) is 5.32 Å². The Kier molecular flexibility index (Phi) is 3.91. The molecule has 1 amide bonds. The third-order valence-corrected chi connectivity index (χ3v) is 2.49. The van der Waals surface area contributed by atoms with Gasteiger partial charge in [-0.05, 0) is 38.0 Å². The number of alkyl halides is 1. The van der Waals surface area contributed by atoms with Gasteiger partial charge in [0.15, 0.2) is 0 Å². The Morgan fingerprint density at radius 1 is 1.47 bits per heavy atom. The summed E-state index contributed by atoms with van der Waals surface area (Å²) in [5.41, 5.74) is 2.08. The Hall–Kier alpha value is -0.830. The topological polar surface area (TPSA) is 29.1 Å². The number of benzene rings is 1. The van der Waals surface area contributed by atoms with Crippen LogP contribution in [-0.2, 0) is 11.2 Å². The number of carbonyl (C=O) groups is 1. The number of hydrogen-bond acceptors (Lipinski definition) is 1. The summed E-state index contributed by atoms with van der Waals surface area (Å²) in [4.78, 5) is 11.7. The van der Waals surface area contributed by atoms with E-state index in [0.29, 0.717) is 0 Å². The van der Waals surface area contributed by atoms with Gasteiger partial charge >= 0.3 is 0 Å². The molecule has 0 saturated heterocycles. The summed E-state index contributed by atoms with van der Waals surface area (Å²) in [6.07, 6.45) is 0.974. The second-order valence-corrected chi connectivity index (χ2v) is 5.96. The standard InChI is InChI=1S/C12H16BrNO/c1-4-9-6-5-7-10(8-9)14-11(15)12(2,3)13/h5-8H,4H2,1-3H3,(H,14,15). The molecule has 0 spiro atoms. The van der Waals surface area contributed by atoms with Gasteiger partial charge in [-0.2, -0.15) is 0 Å². The van der Waals surface area contributed by atoms with Crippen molar-refractivity contribution in [2.24, 2.45) is 0 Å². The van der Waals surface area contributed by atoms with E-state index in [9.17, 15) is 4.79 Å². The Balaban J connectivity index is 2.77. The van der Waals surface area contributed by atoms with E-state index in [0.717, 1.165) is 12.1 Å². The first kappa shape index (κ1) is 12.2. The maximum atomic E-state index is 11.7. The number of carbonyl (C=O) groups excluding carboxylic acids is 1. The molecule has 0 bridgehead atoms. The molecule has 2 nitrogen and oxygen atoms in total. The second-order valence-electron chi connectivity index (χ2n) is 3.98. The van der Waals surface area contributed by atoms with E-state index in [-0.39, 0.29) is 5.91 Å². The highest BCUT2D eigenvalue weighted by molar-refractivity contribution is 9.10. The zero-order valence-electron chi connectivity index (χ0n) is 9.30. The van der Waals surface area contributed by atoms with Gasteiger partial charge in [0, 0.05) is 5.69 Å². The molecular formula is C12H16BrNO. The van der Waals surface area contributed by atoms with E-state index in [1.165, 1.54) is 5.56 Å². The summed E-state index contributed by atoms with van der Waals surface area (Å²) < 4.78 is -0.533. The number of halogens is 1. The van der Waals surface area contributed by atoms with Gasteiger partial charge in [0.2, 0.25) is 5.91 Å². The van der Waals surface area contributed by atoms with Gasteiger partial charge in [0.05, 0.1) is 4.32 Å². The van der Waals surface area contributed by atoms with Crippen molar-refractivity contribution in [2.45, 2.75) is 31.5 Å². The number of hydrogen-bond donors (Lipinski definition) is 1. The summed E-state index contributed by atoms with van der Waals surface area (Å²) >= 11 is 3.32. The minimum atomic E-state index is -0.533. The van der Waals surface area contributed by atoms with Gasteiger partial charge in [-0.25, -0.2) is 0 Å². The molecule has 0 radical (unpaired) electrons. The lowest BCUT2D eigenvalue weighted by Crippen LogP contribution is -2.30. The molecule has 3 heteroatoms. The Bertz CT molecular complexity index is 355. The lowest BCUT2D eigenvalue weighted by molar-refractivity contribution is -0.117. The van der Waals surface area contributed by atoms with Crippen LogP contribution >= 0.6 is 15.9 Å². The van der Waals surface area contributed by atoms with Crippen LogP contribution in [0.2, 0.25) is 0 Å². The Labute approximate surface area is 99.2 Å². The van der Waals surface area contributed by atoms with Crippen molar-refractivity contribution in [1.29, 1.82) is 0 Å². The molecule has 0 aromatic heterocycles. The van der Waals surface area contributed by atoms with Gasteiger partial charge in [-0.3, -0.25) is 4.79 Å². The minimum absolute atomic E-state index is 0.0317. The third kappa shape index (κ3) is 3.67. The first-order valence-electron chi connectivity index (χ1n) is 5.03. The molecule has 15 heavy (non-hydrogen) atoms. The van der Waals surface area contributed by atoms with Gasteiger partial charge in [0.1, 0.15) is 0 Å². The van der Waals surface area contributed by atoms with Crippen molar-refractivity contribution in [1.82, 2.24) is 0 Å². The SMILES string of the molecule is CCc1cccc(NC(=O)C(C)(C)Br)c1. The molecule has 0 heterocycles. The van der Waals surface area contributed by atoms with Crippen LogP contribution in [0.1, 0.15) is 26.3 Å². The van der Waals surface area contributed by atoms with E-state index in [1.807, 2.05) is 32.0 Å². The van der Waals surface area contributed by atoms with Gasteiger partial charge in [0.25, 0.3) is 0 Å². The predicted molar refractivity (Wildman–Crippen MR) is 67.5 cm³/mol. The van der Waals surface area contributed by atoms with E-state index >= 15 is 0 Å². The molecule has 0 fully saturated rings. The fourth-order valence-electron chi connectivity index (χ4n) is 1.15. The van der Waals surface area contributed by atoms with E-state index in [2.05, 4.69) is 34.2 Å². The van der Waals surface area contributed by atoms with Crippen LogP contribution in [0.3, 0.4) is 0 Å². The second kappa shape index (κ2) is 4.79. The molecule has 0 unspecified atom stereocenters. The maximum absolute atomic E-state index is 11.7. The predicted octanol–water partition coefficient (Wildman–Crippen LogP) is 3.36. The molecular weight excluding hydrogens is 254 g/mol. The van der Waals surface area contributed by atoms with Crippen molar-refractivity contribution in [3.63, 3.8) is 0 Å². The van der Waals surface area contributed by atoms with Crippen molar-refractivity contribution in [3.05, 3.63) is 29.8 Å². The zero-order valence-corrected chi connectivity index (χ0v) is 10.9. The van der Waals surface area contributed by atoms with Crippen molar-refractivity contribution in [3.8, 4) is 0 Å². The average Bonchev–Trinajstić information content (AvgIpc) is 2.16. The Morgan fingerprint density at radius 2 is 2.13 bits per heavy atom. The number of amides is 1.